The zero-order chi connectivity index (χ0) is 15.4. The second kappa shape index (κ2) is 6.80. The molecule has 0 aliphatic carbocycles. The standard InChI is InChI=1S/C16H21FN2O2/c1-11-2-5-13(16(18)21)9-19(11)10-15(20)8-12-3-6-14(17)7-4-12/h3-4,6-7,11,13H,2,5,8-10H2,1H3,(H2,18,21). The summed E-state index contributed by atoms with van der Waals surface area (Å²) in [6, 6.07) is 6.24. The average molecular weight is 292 g/mol. The van der Waals surface area contributed by atoms with E-state index < -0.39 is 0 Å². The van der Waals surface area contributed by atoms with Crippen molar-refractivity contribution in [2.75, 3.05) is 13.1 Å². The van der Waals surface area contributed by atoms with Gasteiger partial charge < -0.3 is 5.73 Å². The van der Waals surface area contributed by atoms with Crippen LogP contribution in [0.4, 0.5) is 4.39 Å². The van der Waals surface area contributed by atoms with Crippen LogP contribution in [-0.4, -0.2) is 35.7 Å². The van der Waals surface area contributed by atoms with Crippen LogP contribution in [0.1, 0.15) is 25.3 Å². The van der Waals surface area contributed by atoms with Crippen LogP contribution in [0.15, 0.2) is 24.3 Å². The number of amides is 1. The maximum Gasteiger partial charge on any atom is 0.221 e. The lowest BCUT2D eigenvalue weighted by molar-refractivity contribution is -0.126. The van der Waals surface area contributed by atoms with E-state index in [1.807, 2.05) is 4.90 Å². The van der Waals surface area contributed by atoms with Gasteiger partial charge in [0, 0.05) is 19.0 Å². The van der Waals surface area contributed by atoms with Crippen molar-refractivity contribution in [3.05, 3.63) is 35.6 Å². The Morgan fingerprint density at radius 3 is 2.57 bits per heavy atom. The Morgan fingerprint density at radius 2 is 1.95 bits per heavy atom. The molecule has 1 amide bonds. The first-order chi connectivity index (χ1) is 9.95. The molecule has 1 saturated heterocycles. The summed E-state index contributed by atoms with van der Waals surface area (Å²) in [6.07, 6.45) is 1.95. The van der Waals surface area contributed by atoms with E-state index in [2.05, 4.69) is 6.92 Å². The number of rotatable bonds is 5. The zero-order valence-corrected chi connectivity index (χ0v) is 12.2. The molecule has 2 rings (SSSR count). The molecule has 1 aromatic rings. The van der Waals surface area contributed by atoms with Crippen LogP contribution in [0.25, 0.3) is 0 Å². The van der Waals surface area contributed by atoms with Crippen molar-refractivity contribution < 1.29 is 14.0 Å². The van der Waals surface area contributed by atoms with E-state index in [9.17, 15) is 14.0 Å². The summed E-state index contributed by atoms with van der Waals surface area (Å²) >= 11 is 0. The molecule has 2 N–H and O–H groups in total. The van der Waals surface area contributed by atoms with E-state index in [0.717, 1.165) is 18.4 Å². The fraction of sp³-hybridized carbons (Fsp3) is 0.500. The highest BCUT2D eigenvalue weighted by molar-refractivity contribution is 5.83. The van der Waals surface area contributed by atoms with Gasteiger partial charge in [-0.25, -0.2) is 4.39 Å². The summed E-state index contributed by atoms with van der Waals surface area (Å²) in [5.41, 5.74) is 6.16. The van der Waals surface area contributed by atoms with E-state index in [1.165, 1.54) is 12.1 Å². The number of hydrogen-bond donors (Lipinski definition) is 1. The van der Waals surface area contributed by atoms with Gasteiger partial charge in [-0.3, -0.25) is 14.5 Å². The first-order valence-electron chi connectivity index (χ1n) is 7.25. The van der Waals surface area contributed by atoms with Gasteiger partial charge in [0.05, 0.1) is 12.5 Å². The highest BCUT2D eigenvalue weighted by atomic mass is 19.1. The number of hydrogen-bond acceptors (Lipinski definition) is 3. The molecule has 1 fully saturated rings. The molecule has 0 bridgehead atoms. The molecule has 1 aromatic carbocycles. The predicted molar refractivity (Wildman–Crippen MR) is 78.1 cm³/mol. The number of Topliss-reactive ketones (excluding diaryl/α,β-unsaturated/α-hetero) is 1. The minimum Gasteiger partial charge on any atom is -0.369 e. The SMILES string of the molecule is CC1CCC(C(N)=O)CN1CC(=O)Cc1ccc(F)cc1. The Labute approximate surface area is 124 Å². The number of piperidine rings is 1. The predicted octanol–water partition coefficient (Wildman–Crippen LogP) is 1.52. The summed E-state index contributed by atoms with van der Waals surface area (Å²) in [4.78, 5) is 25.4. The second-order valence-corrected chi connectivity index (χ2v) is 5.80. The molecule has 2 atom stereocenters. The number of nitrogens with zero attached hydrogens (tertiary/aromatic N) is 1. The number of nitrogens with two attached hydrogens (primary N) is 1. The van der Waals surface area contributed by atoms with Gasteiger partial charge in [0.2, 0.25) is 5.91 Å². The highest BCUT2D eigenvalue weighted by Gasteiger charge is 2.29. The molecule has 114 valence electrons. The Balaban J connectivity index is 1.91. The summed E-state index contributed by atoms with van der Waals surface area (Å²) in [6.45, 7) is 2.91. The maximum atomic E-state index is 12.8. The zero-order valence-electron chi connectivity index (χ0n) is 12.2. The number of primary amides is 1. The fourth-order valence-electron chi connectivity index (χ4n) is 2.74. The minimum absolute atomic E-state index is 0.0681. The molecular formula is C16H21FN2O2. The smallest absolute Gasteiger partial charge is 0.221 e. The monoisotopic (exact) mass is 292 g/mol. The summed E-state index contributed by atoms with van der Waals surface area (Å²) in [7, 11) is 0. The van der Waals surface area contributed by atoms with Crippen LogP contribution in [-0.2, 0) is 16.0 Å². The molecule has 0 spiro atoms. The molecule has 0 saturated carbocycles. The maximum absolute atomic E-state index is 12.8. The van der Waals surface area contributed by atoms with E-state index in [-0.39, 0.29) is 35.9 Å². The Kier molecular flexibility index (Phi) is 5.07. The van der Waals surface area contributed by atoms with Crippen molar-refractivity contribution in [1.29, 1.82) is 0 Å². The lowest BCUT2D eigenvalue weighted by atomic mass is 9.92. The molecular weight excluding hydrogens is 271 g/mol. The van der Waals surface area contributed by atoms with Gasteiger partial charge in [-0.15, -0.1) is 0 Å². The van der Waals surface area contributed by atoms with Crippen LogP contribution in [0.5, 0.6) is 0 Å². The highest BCUT2D eigenvalue weighted by Crippen LogP contribution is 2.21. The van der Waals surface area contributed by atoms with Crippen LogP contribution in [0.2, 0.25) is 0 Å². The number of carbonyl (C=O) groups is 2. The van der Waals surface area contributed by atoms with Crippen molar-refractivity contribution in [2.45, 2.75) is 32.2 Å². The molecule has 1 aliphatic rings. The van der Waals surface area contributed by atoms with Crippen molar-refractivity contribution in [2.24, 2.45) is 11.7 Å². The summed E-state index contributed by atoms with van der Waals surface area (Å²) < 4.78 is 12.8. The third-order valence-corrected chi connectivity index (χ3v) is 4.11. The lowest BCUT2D eigenvalue weighted by Gasteiger charge is -2.36. The molecule has 1 aliphatic heterocycles. The van der Waals surface area contributed by atoms with E-state index >= 15 is 0 Å². The van der Waals surface area contributed by atoms with Gasteiger partial charge in [-0.1, -0.05) is 12.1 Å². The number of carbonyl (C=O) groups excluding carboxylic acids is 2. The molecule has 21 heavy (non-hydrogen) atoms. The summed E-state index contributed by atoms with van der Waals surface area (Å²) in [5, 5.41) is 0. The summed E-state index contributed by atoms with van der Waals surface area (Å²) in [5.74, 6) is -0.698. The van der Waals surface area contributed by atoms with Crippen molar-refractivity contribution in [1.82, 2.24) is 4.90 Å². The van der Waals surface area contributed by atoms with Crippen molar-refractivity contribution >= 4 is 11.7 Å². The number of benzene rings is 1. The van der Waals surface area contributed by atoms with Gasteiger partial charge in [0.25, 0.3) is 0 Å². The van der Waals surface area contributed by atoms with Gasteiger partial charge >= 0.3 is 0 Å². The van der Waals surface area contributed by atoms with Gasteiger partial charge in [-0.2, -0.15) is 0 Å². The normalized spacial score (nSPS) is 23.0. The van der Waals surface area contributed by atoms with Crippen LogP contribution in [0, 0.1) is 11.7 Å². The van der Waals surface area contributed by atoms with E-state index in [4.69, 9.17) is 5.73 Å². The largest absolute Gasteiger partial charge is 0.369 e. The minimum atomic E-state index is -0.305. The third-order valence-electron chi connectivity index (χ3n) is 4.11. The van der Waals surface area contributed by atoms with Crippen LogP contribution < -0.4 is 5.73 Å². The van der Waals surface area contributed by atoms with Gasteiger partial charge in [0.1, 0.15) is 5.82 Å². The first kappa shape index (κ1) is 15.6. The van der Waals surface area contributed by atoms with Crippen molar-refractivity contribution in [3.8, 4) is 0 Å². The molecule has 2 unspecified atom stereocenters. The molecule has 1 heterocycles. The Hall–Kier alpha value is -1.75. The van der Waals surface area contributed by atoms with E-state index in [1.54, 1.807) is 12.1 Å². The van der Waals surface area contributed by atoms with Crippen LogP contribution >= 0.6 is 0 Å². The molecule has 0 aromatic heterocycles. The fourth-order valence-corrected chi connectivity index (χ4v) is 2.74. The van der Waals surface area contributed by atoms with Crippen molar-refractivity contribution in [3.63, 3.8) is 0 Å². The molecule has 4 nitrogen and oxygen atoms in total. The topological polar surface area (TPSA) is 63.4 Å². The quantitative estimate of drug-likeness (QED) is 0.895. The first-order valence-corrected chi connectivity index (χ1v) is 7.25. The Morgan fingerprint density at radius 1 is 1.29 bits per heavy atom. The van der Waals surface area contributed by atoms with Crippen LogP contribution in [0.3, 0.4) is 0 Å². The van der Waals surface area contributed by atoms with Gasteiger partial charge in [-0.05, 0) is 37.5 Å². The van der Waals surface area contributed by atoms with Gasteiger partial charge in [0.15, 0.2) is 5.78 Å². The van der Waals surface area contributed by atoms with E-state index in [0.29, 0.717) is 13.1 Å². The number of ketones is 1. The molecule has 5 heteroatoms. The Bertz CT molecular complexity index is 516. The average Bonchev–Trinajstić information content (AvgIpc) is 2.43. The lowest BCUT2D eigenvalue weighted by Crippen LogP contribution is -2.47. The second-order valence-electron chi connectivity index (χ2n) is 5.80. The third kappa shape index (κ3) is 4.36. The number of halogens is 1. The number of likely N-dealkylation sites (tertiary alicyclic amines) is 1. The molecule has 0 radical (unpaired) electrons.